The van der Waals surface area contributed by atoms with Gasteiger partial charge in [-0.25, -0.2) is 4.79 Å². The minimum atomic E-state index is -0.0321. The summed E-state index contributed by atoms with van der Waals surface area (Å²) >= 11 is 0. The van der Waals surface area contributed by atoms with E-state index in [1.807, 2.05) is 6.92 Å². The quantitative estimate of drug-likeness (QED) is 0.725. The highest BCUT2D eigenvalue weighted by Crippen LogP contribution is 2.29. The summed E-state index contributed by atoms with van der Waals surface area (Å²) in [4.78, 5) is 13.6. The molecule has 0 aromatic rings. The first kappa shape index (κ1) is 13.3. The number of rotatable bonds is 6. The van der Waals surface area contributed by atoms with E-state index in [0.29, 0.717) is 19.0 Å². The standard InChI is InChI=1S/C12H24N2O2/c1-3-7-14(8-9-15)12(16)13-10(2)11-5-4-6-11/h10-11,15H,3-9H2,1-2H3,(H,13,16). The summed E-state index contributed by atoms with van der Waals surface area (Å²) in [6.07, 6.45) is 4.68. The fourth-order valence-electron chi connectivity index (χ4n) is 2.05. The van der Waals surface area contributed by atoms with Crippen LogP contribution in [-0.2, 0) is 0 Å². The van der Waals surface area contributed by atoms with Gasteiger partial charge in [-0.05, 0) is 32.1 Å². The van der Waals surface area contributed by atoms with Gasteiger partial charge in [0.25, 0.3) is 0 Å². The lowest BCUT2D eigenvalue weighted by Crippen LogP contribution is -2.48. The van der Waals surface area contributed by atoms with Crippen molar-refractivity contribution in [2.24, 2.45) is 5.92 Å². The normalized spacial score (nSPS) is 17.7. The molecule has 2 amide bonds. The van der Waals surface area contributed by atoms with Gasteiger partial charge < -0.3 is 15.3 Å². The molecule has 1 unspecified atom stereocenters. The maximum absolute atomic E-state index is 11.9. The van der Waals surface area contributed by atoms with Gasteiger partial charge in [0.05, 0.1) is 6.61 Å². The fraction of sp³-hybridized carbons (Fsp3) is 0.917. The number of aliphatic hydroxyl groups is 1. The molecule has 0 aromatic carbocycles. The highest BCUT2D eigenvalue weighted by atomic mass is 16.3. The SMILES string of the molecule is CCCN(CCO)C(=O)NC(C)C1CCC1. The van der Waals surface area contributed by atoms with Crippen LogP contribution in [-0.4, -0.2) is 41.8 Å². The number of aliphatic hydroxyl groups excluding tert-OH is 1. The van der Waals surface area contributed by atoms with Gasteiger partial charge in [0.2, 0.25) is 0 Å². The Balaban J connectivity index is 2.34. The summed E-state index contributed by atoms with van der Waals surface area (Å²) in [7, 11) is 0. The van der Waals surface area contributed by atoms with Gasteiger partial charge in [0, 0.05) is 19.1 Å². The Bertz CT molecular complexity index is 211. The molecule has 0 saturated heterocycles. The molecule has 0 radical (unpaired) electrons. The van der Waals surface area contributed by atoms with Gasteiger partial charge >= 0.3 is 6.03 Å². The summed E-state index contributed by atoms with van der Waals surface area (Å²) in [5.41, 5.74) is 0. The van der Waals surface area contributed by atoms with E-state index in [0.717, 1.165) is 6.42 Å². The second-order valence-corrected chi connectivity index (χ2v) is 4.64. The van der Waals surface area contributed by atoms with Crippen LogP contribution in [0.15, 0.2) is 0 Å². The Kier molecular flexibility index (Phi) is 5.60. The van der Waals surface area contributed by atoms with E-state index in [-0.39, 0.29) is 18.7 Å². The second kappa shape index (κ2) is 6.74. The van der Waals surface area contributed by atoms with Crippen LogP contribution in [0.1, 0.15) is 39.5 Å². The maximum Gasteiger partial charge on any atom is 0.317 e. The zero-order chi connectivity index (χ0) is 12.0. The number of carbonyl (C=O) groups is 1. The summed E-state index contributed by atoms with van der Waals surface area (Å²) in [6, 6.07) is 0.231. The third-order valence-corrected chi connectivity index (χ3v) is 3.36. The molecule has 0 aliphatic heterocycles. The van der Waals surface area contributed by atoms with Crippen molar-refractivity contribution in [3.63, 3.8) is 0 Å². The van der Waals surface area contributed by atoms with Gasteiger partial charge in [0.1, 0.15) is 0 Å². The molecule has 94 valence electrons. The molecule has 1 aliphatic rings. The van der Waals surface area contributed by atoms with Gasteiger partial charge in [-0.3, -0.25) is 0 Å². The third-order valence-electron chi connectivity index (χ3n) is 3.36. The van der Waals surface area contributed by atoms with Crippen LogP contribution in [0.4, 0.5) is 4.79 Å². The Labute approximate surface area is 98.0 Å². The van der Waals surface area contributed by atoms with E-state index in [4.69, 9.17) is 5.11 Å². The summed E-state index contributed by atoms with van der Waals surface area (Å²) < 4.78 is 0. The first-order valence-corrected chi connectivity index (χ1v) is 6.35. The molecule has 1 atom stereocenters. The van der Waals surface area contributed by atoms with Gasteiger partial charge in [-0.1, -0.05) is 13.3 Å². The molecule has 0 heterocycles. The molecular weight excluding hydrogens is 204 g/mol. The van der Waals surface area contributed by atoms with Crippen molar-refractivity contribution in [3.05, 3.63) is 0 Å². The average Bonchev–Trinajstić information content (AvgIpc) is 2.14. The van der Waals surface area contributed by atoms with Crippen molar-refractivity contribution >= 4 is 6.03 Å². The van der Waals surface area contributed by atoms with Crippen LogP contribution in [0.2, 0.25) is 0 Å². The minimum absolute atomic E-state index is 0.0321. The van der Waals surface area contributed by atoms with Crippen molar-refractivity contribution in [2.45, 2.75) is 45.6 Å². The molecule has 4 heteroatoms. The van der Waals surface area contributed by atoms with Gasteiger partial charge in [0.15, 0.2) is 0 Å². The Morgan fingerprint density at radius 1 is 1.50 bits per heavy atom. The molecule has 1 fully saturated rings. The molecule has 2 N–H and O–H groups in total. The number of nitrogens with one attached hydrogen (secondary N) is 1. The van der Waals surface area contributed by atoms with Crippen LogP contribution >= 0.6 is 0 Å². The van der Waals surface area contributed by atoms with E-state index in [1.54, 1.807) is 4.90 Å². The number of hydrogen-bond donors (Lipinski definition) is 2. The smallest absolute Gasteiger partial charge is 0.317 e. The predicted octanol–water partition coefficient (Wildman–Crippen LogP) is 1.59. The lowest BCUT2D eigenvalue weighted by atomic mass is 9.80. The summed E-state index contributed by atoms with van der Waals surface area (Å²) in [6.45, 7) is 5.28. The summed E-state index contributed by atoms with van der Waals surface area (Å²) in [5.74, 6) is 0.654. The number of nitrogens with zero attached hydrogens (tertiary/aromatic N) is 1. The van der Waals surface area contributed by atoms with Crippen molar-refractivity contribution in [2.75, 3.05) is 19.7 Å². The zero-order valence-electron chi connectivity index (χ0n) is 10.4. The number of hydrogen-bond acceptors (Lipinski definition) is 2. The number of amides is 2. The molecule has 1 aliphatic carbocycles. The van der Waals surface area contributed by atoms with E-state index in [1.165, 1.54) is 19.3 Å². The second-order valence-electron chi connectivity index (χ2n) is 4.64. The number of urea groups is 1. The Morgan fingerprint density at radius 2 is 2.19 bits per heavy atom. The Morgan fingerprint density at radius 3 is 2.62 bits per heavy atom. The number of carbonyl (C=O) groups excluding carboxylic acids is 1. The van der Waals surface area contributed by atoms with Crippen molar-refractivity contribution in [1.82, 2.24) is 10.2 Å². The van der Waals surface area contributed by atoms with Crippen molar-refractivity contribution in [1.29, 1.82) is 0 Å². The van der Waals surface area contributed by atoms with Gasteiger partial charge in [-0.15, -0.1) is 0 Å². The van der Waals surface area contributed by atoms with Crippen LogP contribution in [0.25, 0.3) is 0 Å². The first-order chi connectivity index (χ1) is 7.69. The topological polar surface area (TPSA) is 52.6 Å². The van der Waals surface area contributed by atoms with Gasteiger partial charge in [-0.2, -0.15) is 0 Å². The largest absolute Gasteiger partial charge is 0.395 e. The van der Waals surface area contributed by atoms with E-state index in [2.05, 4.69) is 12.2 Å². The maximum atomic E-state index is 11.9. The lowest BCUT2D eigenvalue weighted by molar-refractivity contribution is 0.164. The molecular formula is C12H24N2O2. The fourth-order valence-corrected chi connectivity index (χ4v) is 2.05. The Hall–Kier alpha value is -0.770. The van der Waals surface area contributed by atoms with Crippen LogP contribution in [0.3, 0.4) is 0 Å². The van der Waals surface area contributed by atoms with Crippen LogP contribution in [0, 0.1) is 5.92 Å². The molecule has 1 rings (SSSR count). The molecule has 0 bridgehead atoms. The third kappa shape index (κ3) is 3.67. The molecule has 4 nitrogen and oxygen atoms in total. The van der Waals surface area contributed by atoms with E-state index < -0.39 is 0 Å². The first-order valence-electron chi connectivity index (χ1n) is 6.35. The van der Waals surface area contributed by atoms with E-state index in [9.17, 15) is 4.79 Å². The predicted molar refractivity (Wildman–Crippen MR) is 64.3 cm³/mol. The highest BCUT2D eigenvalue weighted by molar-refractivity contribution is 5.74. The highest BCUT2D eigenvalue weighted by Gasteiger charge is 2.26. The molecule has 16 heavy (non-hydrogen) atoms. The van der Waals surface area contributed by atoms with Crippen LogP contribution in [0.5, 0.6) is 0 Å². The monoisotopic (exact) mass is 228 g/mol. The van der Waals surface area contributed by atoms with Crippen LogP contribution < -0.4 is 5.32 Å². The van der Waals surface area contributed by atoms with E-state index >= 15 is 0 Å². The summed E-state index contributed by atoms with van der Waals surface area (Å²) in [5, 5.41) is 11.9. The zero-order valence-corrected chi connectivity index (χ0v) is 10.4. The molecule has 0 spiro atoms. The van der Waals surface area contributed by atoms with Crippen molar-refractivity contribution < 1.29 is 9.90 Å². The minimum Gasteiger partial charge on any atom is -0.395 e. The molecule has 1 saturated carbocycles. The van der Waals surface area contributed by atoms with Crippen molar-refractivity contribution in [3.8, 4) is 0 Å². The molecule has 0 aromatic heterocycles. The average molecular weight is 228 g/mol. The lowest BCUT2D eigenvalue weighted by Gasteiger charge is -2.33.